The first-order chi connectivity index (χ1) is 8.79. The lowest BCUT2D eigenvalue weighted by atomic mass is 10.1. The molecule has 3 N–H and O–H groups in total. The molecule has 0 aromatic heterocycles. The van der Waals surface area contributed by atoms with Gasteiger partial charge in [0.15, 0.2) is 0 Å². The van der Waals surface area contributed by atoms with Crippen molar-refractivity contribution in [2.45, 2.75) is 51.1 Å². The molecule has 0 radical (unpaired) electrons. The number of hydrogen-bond acceptors (Lipinski definition) is 2. The molecule has 18 heavy (non-hydrogen) atoms. The predicted molar refractivity (Wildman–Crippen MR) is 73.3 cm³/mol. The first-order valence-electron chi connectivity index (χ1n) is 6.89. The Morgan fingerprint density at radius 1 is 1.22 bits per heavy atom. The first kappa shape index (κ1) is 13.1. The molecule has 0 aliphatic heterocycles. The van der Waals surface area contributed by atoms with Crippen molar-refractivity contribution < 1.29 is 4.79 Å². The highest BCUT2D eigenvalue weighted by Crippen LogP contribution is 2.17. The number of carbonyl (C=O) groups excluding carboxylic acids is 1. The van der Waals surface area contributed by atoms with E-state index < -0.39 is 0 Å². The van der Waals surface area contributed by atoms with Crippen LogP contribution < -0.4 is 11.1 Å². The van der Waals surface area contributed by atoms with Crippen molar-refractivity contribution >= 4 is 5.91 Å². The summed E-state index contributed by atoms with van der Waals surface area (Å²) < 4.78 is 0. The minimum Gasteiger partial charge on any atom is -0.349 e. The van der Waals surface area contributed by atoms with Crippen molar-refractivity contribution in [1.82, 2.24) is 5.32 Å². The van der Waals surface area contributed by atoms with Crippen LogP contribution in [0.5, 0.6) is 0 Å². The largest absolute Gasteiger partial charge is 0.349 e. The molecule has 0 atom stereocenters. The summed E-state index contributed by atoms with van der Waals surface area (Å²) in [4.78, 5) is 12.1. The average Bonchev–Trinajstić information content (AvgIpc) is 2.67. The molecule has 1 saturated carbocycles. The van der Waals surface area contributed by atoms with Gasteiger partial charge in [-0.2, -0.15) is 0 Å². The second kappa shape index (κ2) is 6.55. The molecular formula is C15H22N2O. The molecule has 1 fully saturated rings. The molecule has 0 bridgehead atoms. The zero-order valence-electron chi connectivity index (χ0n) is 10.8. The third-order valence-electron chi connectivity index (χ3n) is 3.62. The zero-order valence-corrected chi connectivity index (χ0v) is 10.8. The van der Waals surface area contributed by atoms with Crippen LogP contribution in [-0.2, 0) is 6.54 Å². The van der Waals surface area contributed by atoms with E-state index in [1.165, 1.54) is 25.7 Å². The van der Waals surface area contributed by atoms with E-state index in [0.717, 1.165) is 24.0 Å². The Balaban J connectivity index is 1.97. The number of hydrogen-bond donors (Lipinski definition) is 2. The van der Waals surface area contributed by atoms with Gasteiger partial charge >= 0.3 is 0 Å². The minimum absolute atomic E-state index is 0.0391. The summed E-state index contributed by atoms with van der Waals surface area (Å²) in [6, 6.07) is 7.92. The van der Waals surface area contributed by atoms with E-state index >= 15 is 0 Å². The van der Waals surface area contributed by atoms with E-state index in [1.54, 1.807) is 0 Å². The molecule has 1 aromatic carbocycles. The van der Waals surface area contributed by atoms with Crippen LogP contribution >= 0.6 is 0 Å². The minimum atomic E-state index is 0.0391. The van der Waals surface area contributed by atoms with E-state index in [2.05, 4.69) is 5.32 Å². The Bertz CT molecular complexity index is 395. The zero-order chi connectivity index (χ0) is 12.8. The van der Waals surface area contributed by atoms with Gasteiger partial charge in [0.25, 0.3) is 5.91 Å². The lowest BCUT2D eigenvalue weighted by Crippen LogP contribution is -2.34. The fourth-order valence-corrected chi connectivity index (χ4v) is 2.53. The SMILES string of the molecule is NCc1cccc(C(=O)NC2CCCCCC2)c1. The van der Waals surface area contributed by atoms with Gasteiger partial charge < -0.3 is 11.1 Å². The van der Waals surface area contributed by atoms with Gasteiger partial charge in [-0.1, -0.05) is 37.8 Å². The molecule has 2 rings (SSSR count). The molecule has 98 valence electrons. The van der Waals surface area contributed by atoms with E-state index in [-0.39, 0.29) is 5.91 Å². The Kier molecular flexibility index (Phi) is 4.76. The highest BCUT2D eigenvalue weighted by molar-refractivity contribution is 5.94. The second-order valence-corrected chi connectivity index (χ2v) is 5.07. The molecule has 3 nitrogen and oxygen atoms in total. The fourth-order valence-electron chi connectivity index (χ4n) is 2.53. The Morgan fingerprint density at radius 2 is 1.94 bits per heavy atom. The smallest absolute Gasteiger partial charge is 0.251 e. The van der Waals surface area contributed by atoms with Crippen molar-refractivity contribution in [1.29, 1.82) is 0 Å². The Labute approximate surface area is 109 Å². The third-order valence-corrected chi connectivity index (χ3v) is 3.62. The van der Waals surface area contributed by atoms with Crippen LogP contribution in [0.3, 0.4) is 0 Å². The predicted octanol–water partition coefficient (Wildman–Crippen LogP) is 2.60. The summed E-state index contributed by atoms with van der Waals surface area (Å²) >= 11 is 0. The maximum atomic E-state index is 12.1. The van der Waals surface area contributed by atoms with Crippen molar-refractivity contribution in [3.63, 3.8) is 0 Å². The highest BCUT2D eigenvalue weighted by atomic mass is 16.1. The monoisotopic (exact) mass is 246 g/mol. The van der Waals surface area contributed by atoms with Crippen LogP contribution in [0, 0.1) is 0 Å². The summed E-state index contributed by atoms with van der Waals surface area (Å²) in [6.45, 7) is 0.477. The summed E-state index contributed by atoms with van der Waals surface area (Å²) in [6.07, 6.45) is 7.29. The normalized spacial score (nSPS) is 17.2. The number of nitrogens with two attached hydrogens (primary N) is 1. The van der Waals surface area contributed by atoms with Crippen LogP contribution in [0.1, 0.15) is 54.4 Å². The van der Waals surface area contributed by atoms with Crippen LogP contribution in [0.15, 0.2) is 24.3 Å². The van der Waals surface area contributed by atoms with Gasteiger partial charge in [0, 0.05) is 18.2 Å². The molecule has 1 aromatic rings. The van der Waals surface area contributed by atoms with Crippen LogP contribution in [0.2, 0.25) is 0 Å². The quantitative estimate of drug-likeness (QED) is 0.805. The summed E-state index contributed by atoms with van der Waals surface area (Å²) in [5, 5.41) is 3.15. The van der Waals surface area contributed by atoms with Gasteiger partial charge in [-0.3, -0.25) is 4.79 Å². The molecule has 1 aliphatic carbocycles. The molecule has 0 heterocycles. The van der Waals surface area contributed by atoms with Gasteiger partial charge in [0.1, 0.15) is 0 Å². The molecule has 0 saturated heterocycles. The number of benzene rings is 1. The molecule has 3 heteroatoms. The molecular weight excluding hydrogens is 224 g/mol. The molecule has 1 aliphatic rings. The molecule has 1 amide bonds. The fraction of sp³-hybridized carbons (Fsp3) is 0.533. The lowest BCUT2D eigenvalue weighted by Gasteiger charge is -2.16. The number of carbonyl (C=O) groups is 1. The Morgan fingerprint density at radius 3 is 2.61 bits per heavy atom. The van der Waals surface area contributed by atoms with E-state index in [1.807, 2.05) is 24.3 Å². The molecule has 0 spiro atoms. The second-order valence-electron chi connectivity index (χ2n) is 5.07. The van der Waals surface area contributed by atoms with Crippen molar-refractivity contribution in [2.75, 3.05) is 0 Å². The van der Waals surface area contributed by atoms with Gasteiger partial charge in [0.05, 0.1) is 0 Å². The number of nitrogens with one attached hydrogen (secondary N) is 1. The third kappa shape index (κ3) is 3.57. The summed E-state index contributed by atoms with van der Waals surface area (Å²) in [5.41, 5.74) is 7.32. The van der Waals surface area contributed by atoms with Crippen LogP contribution in [0.4, 0.5) is 0 Å². The standard InChI is InChI=1S/C15H22N2O/c16-11-12-6-5-7-13(10-12)15(18)17-14-8-3-1-2-4-9-14/h5-7,10,14H,1-4,8-9,11,16H2,(H,17,18). The van der Waals surface area contributed by atoms with E-state index in [0.29, 0.717) is 12.6 Å². The maximum Gasteiger partial charge on any atom is 0.251 e. The van der Waals surface area contributed by atoms with Crippen LogP contribution in [0.25, 0.3) is 0 Å². The topological polar surface area (TPSA) is 55.1 Å². The first-order valence-corrected chi connectivity index (χ1v) is 6.89. The maximum absolute atomic E-state index is 12.1. The van der Waals surface area contributed by atoms with Gasteiger partial charge in [-0.25, -0.2) is 0 Å². The van der Waals surface area contributed by atoms with Crippen LogP contribution in [-0.4, -0.2) is 11.9 Å². The van der Waals surface area contributed by atoms with Gasteiger partial charge in [-0.05, 0) is 30.5 Å². The van der Waals surface area contributed by atoms with E-state index in [4.69, 9.17) is 5.73 Å². The summed E-state index contributed by atoms with van der Waals surface area (Å²) in [5.74, 6) is 0.0391. The van der Waals surface area contributed by atoms with Gasteiger partial charge in [-0.15, -0.1) is 0 Å². The van der Waals surface area contributed by atoms with Crippen molar-refractivity contribution in [3.8, 4) is 0 Å². The average molecular weight is 246 g/mol. The van der Waals surface area contributed by atoms with Gasteiger partial charge in [0.2, 0.25) is 0 Å². The van der Waals surface area contributed by atoms with Crippen molar-refractivity contribution in [3.05, 3.63) is 35.4 Å². The number of amides is 1. The highest BCUT2D eigenvalue weighted by Gasteiger charge is 2.15. The number of rotatable bonds is 3. The molecule has 0 unspecified atom stereocenters. The summed E-state index contributed by atoms with van der Waals surface area (Å²) in [7, 11) is 0. The van der Waals surface area contributed by atoms with E-state index in [9.17, 15) is 4.79 Å². The lowest BCUT2D eigenvalue weighted by molar-refractivity contribution is 0.0933. The Hall–Kier alpha value is -1.35. The van der Waals surface area contributed by atoms with Crippen molar-refractivity contribution in [2.24, 2.45) is 5.73 Å².